The zero-order valence-electron chi connectivity index (χ0n) is 1.42. The van der Waals surface area contributed by atoms with Gasteiger partial charge in [0.1, 0.15) is 0 Å². The van der Waals surface area contributed by atoms with E-state index in [-0.39, 0.29) is 64.3 Å². The van der Waals surface area contributed by atoms with Gasteiger partial charge in [-0.25, -0.2) is 0 Å². The van der Waals surface area contributed by atoms with Gasteiger partial charge >= 0.3 is 0 Å². The Labute approximate surface area is 63.9 Å². The minimum atomic E-state index is 0. The minimum Gasteiger partial charge on any atom is -0.147 e. The quantitative estimate of drug-likeness (QED) is 0.554. The maximum atomic E-state index is 0. The van der Waals surface area contributed by atoms with Crippen LogP contribution in [-0.2, 0) is 39.4 Å². The average Bonchev–Trinajstić information content (AvgIpc) is 0. The standard InChI is InChI=1S/Ag.2ClH.Cu/h;2*1H;. The Balaban J connectivity index is 0. The molecule has 0 aliphatic heterocycles. The summed E-state index contributed by atoms with van der Waals surface area (Å²) in [4.78, 5) is 0. The predicted octanol–water partition coefficient (Wildman–Crippen LogP) is 0.839. The van der Waals surface area contributed by atoms with Crippen molar-refractivity contribution in [3.8, 4) is 0 Å². The van der Waals surface area contributed by atoms with Gasteiger partial charge in [0, 0.05) is 39.4 Å². The van der Waals surface area contributed by atoms with Crippen molar-refractivity contribution >= 4 is 24.8 Å². The topological polar surface area (TPSA) is 0 Å². The summed E-state index contributed by atoms with van der Waals surface area (Å²) in [5.41, 5.74) is 0. The molecule has 38 valence electrons. The number of halogens is 2. The first-order valence-corrected chi connectivity index (χ1v) is 0. The van der Waals surface area contributed by atoms with Crippen molar-refractivity contribution in [2.75, 3.05) is 0 Å². The van der Waals surface area contributed by atoms with E-state index in [1.807, 2.05) is 0 Å². The zero-order chi connectivity index (χ0) is 0. The molecular formula is H2AgCl2Cu. The van der Waals surface area contributed by atoms with Crippen molar-refractivity contribution in [1.82, 2.24) is 0 Å². The van der Waals surface area contributed by atoms with Gasteiger partial charge in [0.15, 0.2) is 0 Å². The summed E-state index contributed by atoms with van der Waals surface area (Å²) in [6, 6.07) is 0. The van der Waals surface area contributed by atoms with E-state index in [0.717, 1.165) is 0 Å². The maximum Gasteiger partial charge on any atom is 0 e. The Morgan fingerprint density at radius 1 is 0.750 bits per heavy atom. The Morgan fingerprint density at radius 2 is 0.750 bits per heavy atom. The molecule has 0 spiro atoms. The Kier molecular flexibility index (Phi) is 213. The third-order valence-corrected chi connectivity index (χ3v) is 0. The van der Waals surface area contributed by atoms with Crippen LogP contribution in [0.4, 0.5) is 0 Å². The van der Waals surface area contributed by atoms with Gasteiger partial charge in [0.2, 0.25) is 0 Å². The molecule has 0 atom stereocenters. The maximum absolute atomic E-state index is 0. The predicted molar refractivity (Wildman–Crippen MR) is 14.5 cm³/mol. The van der Waals surface area contributed by atoms with Crippen LogP contribution in [0.2, 0.25) is 0 Å². The summed E-state index contributed by atoms with van der Waals surface area (Å²) < 4.78 is 0. The second-order valence-corrected chi connectivity index (χ2v) is 0. The van der Waals surface area contributed by atoms with E-state index in [9.17, 15) is 0 Å². The summed E-state index contributed by atoms with van der Waals surface area (Å²) in [6.07, 6.45) is 0. The van der Waals surface area contributed by atoms with Crippen LogP contribution in [0.3, 0.4) is 0 Å². The van der Waals surface area contributed by atoms with E-state index in [4.69, 9.17) is 0 Å². The molecule has 0 aromatic carbocycles. The van der Waals surface area contributed by atoms with Gasteiger partial charge in [-0.05, 0) is 0 Å². The monoisotopic (exact) mass is 242 g/mol. The van der Waals surface area contributed by atoms with Crippen molar-refractivity contribution in [3.63, 3.8) is 0 Å². The Bertz CT molecular complexity index is 6.00. The fourth-order valence-corrected chi connectivity index (χ4v) is 0. The molecule has 0 fully saturated rings. The molecule has 0 saturated heterocycles. The van der Waals surface area contributed by atoms with Crippen LogP contribution < -0.4 is 0 Å². The summed E-state index contributed by atoms with van der Waals surface area (Å²) in [6.45, 7) is 0. The molecule has 0 aromatic rings. The summed E-state index contributed by atoms with van der Waals surface area (Å²) in [7, 11) is 0. The molecule has 2 radical (unpaired) electrons. The first kappa shape index (κ1) is 40.4. The molecule has 0 saturated carbocycles. The van der Waals surface area contributed by atoms with E-state index in [0.29, 0.717) is 0 Å². The summed E-state index contributed by atoms with van der Waals surface area (Å²) in [5, 5.41) is 0. The van der Waals surface area contributed by atoms with Gasteiger partial charge in [0.05, 0.1) is 0 Å². The molecule has 4 heavy (non-hydrogen) atoms. The molecule has 0 bridgehead atoms. The average molecular weight is 244 g/mol. The van der Waals surface area contributed by atoms with Crippen molar-refractivity contribution in [2.45, 2.75) is 0 Å². The number of hydrogen-bond acceptors (Lipinski definition) is 0. The van der Waals surface area contributed by atoms with Crippen LogP contribution in [0, 0.1) is 0 Å². The van der Waals surface area contributed by atoms with Crippen LogP contribution in [0.25, 0.3) is 0 Å². The Morgan fingerprint density at radius 3 is 0.750 bits per heavy atom. The third-order valence-electron chi connectivity index (χ3n) is 0. The Hall–Kier alpha value is 1.84. The largest absolute Gasteiger partial charge is 0.147 e. The van der Waals surface area contributed by atoms with Gasteiger partial charge in [-0.3, -0.25) is 0 Å². The van der Waals surface area contributed by atoms with Gasteiger partial charge in [0.25, 0.3) is 0 Å². The number of hydrogen-bond donors (Lipinski definition) is 0. The van der Waals surface area contributed by atoms with E-state index in [1.54, 1.807) is 0 Å². The van der Waals surface area contributed by atoms with E-state index in [2.05, 4.69) is 0 Å². The summed E-state index contributed by atoms with van der Waals surface area (Å²) in [5.74, 6) is 0. The van der Waals surface area contributed by atoms with Gasteiger partial charge in [-0.15, -0.1) is 24.8 Å². The second-order valence-electron chi connectivity index (χ2n) is 0. The van der Waals surface area contributed by atoms with Gasteiger partial charge < -0.3 is 0 Å². The van der Waals surface area contributed by atoms with Crippen molar-refractivity contribution < 1.29 is 39.4 Å². The van der Waals surface area contributed by atoms with Crippen LogP contribution in [-0.4, -0.2) is 0 Å². The molecular weight excluding hydrogens is 242 g/mol. The first-order chi connectivity index (χ1) is 0. The zero-order valence-corrected chi connectivity index (χ0v) is 5.48. The van der Waals surface area contributed by atoms with Crippen LogP contribution >= 0.6 is 24.8 Å². The molecule has 4 heteroatoms. The van der Waals surface area contributed by atoms with Crippen molar-refractivity contribution in [2.24, 2.45) is 0 Å². The van der Waals surface area contributed by atoms with Crippen LogP contribution in [0.15, 0.2) is 0 Å². The fourth-order valence-electron chi connectivity index (χ4n) is 0. The number of rotatable bonds is 0. The summed E-state index contributed by atoms with van der Waals surface area (Å²) >= 11 is 0. The van der Waals surface area contributed by atoms with E-state index < -0.39 is 0 Å². The molecule has 0 aliphatic carbocycles. The molecule has 0 heterocycles. The van der Waals surface area contributed by atoms with Crippen molar-refractivity contribution in [3.05, 3.63) is 0 Å². The molecule has 0 nitrogen and oxygen atoms in total. The molecule has 0 aliphatic rings. The third kappa shape index (κ3) is 9.15. The SMILES string of the molecule is Cl.Cl.[Ag].[Cu]. The molecule has 0 unspecified atom stereocenters. The molecule has 0 rings (SSSR count). The molecule has 0 aromatic heterocycles. The van der Waals surface area contributed by atoms with E-state index in [1.165, 1.54) is 0 Å². The minimum absolute atomic E-state index is 0. The normalized spacial score (nSPS) is 0. The van der Waals surface area contributed by atoms with Crippen LogP contribution in [0.5, 0.6) is 0 Å². The van der Waals surface area contributed by atoms with Gasteiger partial charge in [-0.1, -0.05) is 0 Å². The molecule has 0 N–H and O–H groups in total. The molecule has 0 amide bonds. The second kappa shape index (κ2) is 21.1. The van der Waals surface area contributed by atoms with Crippen LogP contribution in [0.1, 0.15) is 0 Å². The first-order valence-electron chi connectivity index (χ1n) is 0. The smallest absolute Gasteiger partial charge is 0 e. The van der Waals surface area contributed by atoms with Gasteiger partial charge in [-0.2, -0.15) is 0 Å². The van der Waals surface area contributed by atoms with Crippen molar-refractivity contribution in [1.29, 1.82) is 0 Å². The van der Waals surface area contributed by atoms with E-state index >= 15 is 0 Å². The fraction of sp³-hybridized carbons (Fsp3) is 0.